The Hall–Kier alpha value is -3.39. The molecule has 0 bridgehead atoms. The van der Waals surface area contributed by atoms with E-state index in [0.717, 1.165) is 29.4 Å². The quantitative estimate of drug-likeness (QED) is 0.466. The summed E-state index contributed by atoms with van der Waals surface area (Å²) in [5.41, 5.74) is 3.87. The number of pyridine rings is 1. The minimum absolute atomic E-state index is 0.136. The lowest BCUT2D eigenvalue weighted by molar-refractivity contribution is -0.119. The monoisotopic (exact) mass is 462 g/mol. The first-order chi connectivity index (χ1) is 15.8. The van der Waals surface area contributed by atoms with Crippen molar-refractivity contribution >= 4 is 46.2 Å². The molecule has 1 heterocycles. The van der Waals surface area contributed by atoms with Crippen LogP contribution in [0, 0.1) is 13.8 Å². The van der Waals surface area contributed by atoms with Crippen molar-refractivity contribution in [2.24, 2.45) is 0 Å². The van der Waals surface area contributed by atoms with Gasteiger partial charge in [0.1, 0.15) is 0 Å². The van der Waals surface area contributed by atoms with Crippen LogP contribution in [0.15, 0.2) is 53.6 Å². The molecule has 1 saturated carbocycles. The summed E-state index contributed by atoms with van der Waals surface area (Å²) in [5.74, 6) is -0.580. The fourth-order valence-electron chi connectivity index (χ4n) is 3.45. The van der Waals surface area contributed by atoms with Crippen LogP contribution in [-0.4, -0.2) is 34.1 Å². The molecule has 33 heavy (non-hydrogen) atoms. The lowest BCUT2D eigenvalue weighted by atomic mass is 10.1. The van der Waals surface area contributed by atoms with Crippen LogP contribution in [0.2, 0.25) is 0 Å². The van der Waals surface area contributed by atoms with Gasteiger partial charge in [0, 0.05) is 17.1 Å². The van der Waals surface area contributed by atoms with Crippen molar-refractivity contribution in [2.75, 3.05) is 5.32 Å². The number of rotatable bonds is 6. The minimum Gasteiger partial charge on any atom is -0.349 e. The Balaban J connectivity index is 1.45. The van der Waals surface area contributed by atoms with Gasteiger partial charge in [0.15, 0.2) is 0 Å². The Morgan fingerprint density at radius 2 is 1.82 bits per heavy atom. The molecule has 1 fully saturated rings. The van der Waals surface area contributed by atoms with Crippen molar-refractivity contribution in [1.29, 1.82) is 0 Å². The molecule has 0 radical (unpaired) electrons. The molecule has 7 nitrogen and oxygen atoms in total. The second kappa shape index (κ2) is 9.62. The number of amides is 4. The van der Waals surface area contributed by atoms with Gasteiger partial charge < -0.3 is 10.6 Å². The summed E-state index contributed by atoms with van der Waals surface area (Å²) in [6.45, 7) is 5.57. The summed E-state index contributed by atoms with van der Waals surface area (Å²) in [4.78, 5) is 42.3. The number of carbonyl (C=O) groups is 3. The van der Waals surface area contributed by atoms with Crippen LogP contribution in [0.25, 0.3) is 10.9 Å². The van der Waals surface area contributed by atoms with E-state index in [4.69, 9.17) is 0 Å². The van der Waals surface area contributed by atoms with Crippen LogP contribution < -0.4 is 16.0 Å². The predicted molar refractivity (Wildman–Crippen MR) is 131 cm³/mol. The minimum atomic E-state index is -0.595. The maximum Gasteiger partial charge on any atom is 0.325 e. The number of aryl methyl sites for hydroxylation is 2. The maximum atomic E-state index is 12.8. The number of aromatic nitrogens is 1. The highest BCUT2D eigenvalue weighted by Gasteiger charge is 2.25. The van der Waals surface area contributed by atoms with Crippen LogP contribution in [0.3, 0.4) is 0 Å². The molecular weight excluding hydrogens is 436 g/mol. The van der Waals surface area contributed by atoms with Gasteiger partial charge >= 0.3 is 6.03 Å². The van der Waals surface area contributed by atoms with E-state index in [1.54, 1.807) is 19.1 Å². The zero-order valence-corrected chi connectivity index (χ0v) is 19.6. The molecule has 0 saturated heterocycles. The molecule has 1 aliphatic carbocycles. The summed E-state index contributed by atoms with van der Waals surface area (Å²) in [5, 5.41) is 8.83. The Kier molecular flexibility index (Phi) is 6.65. The Bertz CT molecular complexity index is 1240. The second-order valence-corrected chi connectivity index (χ2v) is 9.66. The number of thioether (sulfide) groups is 1. The van der Waals surface area contributed by atoms with Crippen molar-refractivity contribution < 1.29 is 14.4 Å². The molecule has 0 aliphatic heterocycles. The number of para-hydroxylation sites is 1. The summed E-state index contributed by atoms with van der Waals surface area (Å²) in [6, 6.07) is 14.5. The number of nitrogens with zero attached hydrogens (tertiary/aromatic N) is 1. The number of imide groups is 1. The molecular formula is C25H26N4O3S. The average molecular weight is 463 g/mol. The van der Waals surface area contributed by atoms with Crippen molar-refractivity contribution in [3.63, 3.8) is 0 Å². The molecule has 1 aromatic heterocycles. The number of nitrogens with one attached hydrogen (secondary N) is 3. The van der Waals surface area contributed by atoms with Crippen molar-refractivity contribution in [3.05, 3.63) is 65.2 Å². The van der Waals surface area contributed by atoms with E-state index in [1.807, 2.05) is 50.2 Å². The predicted octanol–water partition coefficient (Wildman–Crippen LogP) is 4.57. The van der Waals surface area contributed by atoms with Gasteiger partial charge in [0.2, 0.25) is 5.91 Å². The number of benzene rings is 2. The molecule has 4 amide bonds. The van der Waals surface area contributed by atoms with Gasteiger partial charge in [-0.2, -0.15) is 0 Å². The van der Waals surface area contributed by atoms with Gasteiger partial charge in [0.25, 0.3) is 5.91 Å². The molecule has 170 valence electrons. The molecule has 1 aliphatic rings. The number of anilines is 1. The van der Waals surface area contributed by atoms with Gasteiger partial charge in [0.05, 0.1) is 21.4 Å². The van der Waals surface area contributed by atoms with Gasteiger partial charge in [-0.15, -0.1) is 0 Å². The number of hydrogen-bond acceptors (Lipinski definition) is 5. The molecule has 2 aromatic carbocycles. The SMILES string of the molecule is Cc1ccc(NC(=O)NC(=O)C(C)Sc2cc(C(=O)NC3CC3)c3ccccc3n2)c(C)c1. The zero-order chi connectivity index (χ0) is 23.5. The van der Waals surface area contributed by atoms with E-state index < -0.39 is 17.2 Å². The molecule has 4 rings (SSSR count). The summed E-state index contributed by atoms with van der Waals surface area (Å²) >= 11 is 1.20. The van der Waals surface area contributed by atoms with Crippen LogP contribution in [0.5, 0.6) is 0 Å². The molecule has 3 aromatic rings. The first kappa shape index (κ1) is 22.8. The van der Waals surface area contributed by atoms with E-state index in [1.165, 1.54) is 11.8 Å². The van der Waals surface area contributed by atoms with E-state index in [2.05, 4.69) is 20.9 Å². The maximum absolute atomic E-state index is 12.8. The van der Waals surface area contributed by atoms with Crippen molar-refractivity contribution in [3.8, 4) is 0 Å². The van der Waals surface area contributed by atoms with Crippen LogP contribution in [0.4, 0.5) is 10.5 Å². The fourth-order valence-corrected chi connectivity index (χ4v) is 4.31. The molecule has 1 unspecified atom stereocenters. The van der Waals surface area contributed by atoms with Gasteiger partial charge in [-0.1, -0.05) is 47.7 Å². The van der Waals surface area contributed by atoms with E-state index in [9.17, 15) is 14.4 Å². The third kappa shape index (κ3) is 5.70. The van der Waals surface area contributed by atoms with E-state index in [0.29, 0.717) is 21.8 Å². The molecule has 8 heteroatoms. The first-order valence-corrected chi connectivity index (χ1v) is 11.7. The van der Waals surface area contributed by atoms with Crippen LogP contribution >= 0.6 is 11.8 Å². The van der Waals surface area contributed by atoms with Crippen molar-refractivity contribution in [1.82, 2.24) is 15.6 Å². The fraction of sp³-hybridized carbons (Fsp3) is 0.280. The number of hydrogen-bond donors (Lipinski definition) is 3. The zero-order valence-electron chi connectivity index (χ0n) is 18.8. The third-order valence-electron chi connectivity index (χ3n) is 5.38. The lowest BCUT2D eigenvalue weighted by Gasteiger charge is -2.14. The first-order valence-electron chi connectivity index (χ1n) is 10.9. The van der Waals surface area contributed by atoms with Gasteiger partial charge in [-0.25, -0.2) is 9.78 Å². The van der Waals surface area contributed by atoms with E-state index >= 15 is 0 Å². The van der Waals surface area contributed by atoms with Crippen molar-refractivity contribution in [2.45, 2.75) is 49.9 Å². The number of fused-ring (bicyclic) bond motifs is 1. The number of urea groups is 1. The Morgan fingerprint density at radius 1 is 1.06 bits per heavy atom. The van der Waals surface area contributed by atoms with Crippen LogP contribution in [-0.2, 0) is 4.79 Å². The summed E-state index contributed by atoms with van der Waals surface area (Å²) in [7, 11) is 0. The largest absolute Gasteiger partial charge is 0.349 e. The highest BCUT2D eigenvalue weighted by molar-refractivity contribution is 8.00. The Morgan fingerprint density at radius 3 is 2.55 bits per heavy atom. The highest BCUT2D eigenvalue weighted by Crippen LogP contribution is 2.28. The van der Waals surface area contributed by atoms with Gasteiger partial charge in [-0.05, 0) is 57.4 Å². The van der Waals surface area contributed by atoms with Gasteiger partial charge in [-0.3, -0.25) is 14.9 Å². The van der Waals surface area contributed by atoms with Crippen LogP contribution in [0.1, 0.15) is 41.3 Å². The summed E-state index contributed by atoms with van der Waals surface area (Å²) < 4.78 is 0. The molecule has 0 spiro atoms. The second-order valence-electron chi connectivity index (χ2n) is 8.29. The lowest BCUT2D eigenvalue weighted by Crippen LogP contribution is -2.39. The Labute approximate surface area is 196 Å². The topological polar surface area (TPSA) is 100 Å². The standard InChI is InChI=1S/C25H26N4O3S/c1-14-8-11-20(15(2)12-14)28-25(32)29-23(30)16(3)33-22-13-19(24(31)26-17-9-10-17)18-6-4-5-7-21(18)27-22/h4-8,11-13,16-17H,9-10H2,1-3H3,(H,26,31)(H2,28,29,30,32). The summed E-state index contributed by atoms with van der Waals surface area (Å²) in [6.07, 6.45) is 2.00. The van der Waals surface area contributed by atoms with E-state index in [-0.39, 0.29) is 11.9 Å². The smallest absolute Gasteiger partial charge is 0.325 e. The molecule has 3 N–H and O–H groups in total. The average Bonchev–Trinajstić information content (AvgIpc) is 3.59. The number of carbonyl (C=O) groups excluding carboxylic acids is 3. The molecule has 1 atom stereocenters. The highest BCUT2D eigenvalue weighted by atomic mass is 32.2. The normalized spacial score (nSPS) is 13.9. The third-order valence-corrected chi connectivity index (χ3v) is 6.40.